The molecule has 0 fully saturated rings. The Morgan fingerprint density at radius 2 is 1.44 bits per heavy atom. The SMILES string of the molecule is c1ccc(Oc2ccc3c(c2)Oc2ccc4c5ccccc5n5c4c2B3c2ccccc2-5)cc1. The number of hydrogen-bond acceptors (Lipinski definition) is 2. The maximum Gasteiger partial charge on any atom is 0.256 e. The molecule has 0 saturated heterocycles. The average molecular weight is 435 g/mol. The number of nitrogens with zero attached hydrogens (tertiary/aromatic N) is 1. The molecule has 2 aliphatic rings. The summed E-state index contributed by atoms with van der Waals surface area (Å²) in [7, 11) is 0. The number of benzene rings is 5. The molecule has 6 aromatic rings. The van der Waals surface area contributed by atoms with Crippen molar-refractivity contribution in [3.8, 4) is 28.7 Å². The lowest BCUT2D eigenvalue weighted by atomic mass is 9.34. The smallest absolute Gasteiger partial charge is 0.256 e. The third kappa shape index (κ3) is 2.32. The molecule has 0 bridgehead atoms. The van der Waals surface area contributed by atoms with E-state index in [1.807, 2.05) is 42.5 Å². The number of ether oxygens (including phenoxy) is 2. The van der Waals surface area contributed by atoms with Gasteiger partial charge in [-0.25, -0.2) is 0 Å². The zero-order valence-electron chi connectivity index (χ0n) is 18.2. The van der Waals surface area contributed by atoms with E-state index >= 15 is 0 Å². The topological polar surface area (TPSA) is 23.4 Å². The van der Waals surface area contributed by atoms with Gasteiger partial charge in [0, 0.05) is 22.5 Å². The Hall–Kier alpha value is -4.44. The van der Waals surface area contributed by atoms with Crippen LogP contribution in [0.25, 0.3) is 27.5 Å². The van der Waals surface area contributed by atoms with Crippen molar-refractivity contribution in [2.75, 3.05) is 0 Å². The lowest BCUT2D eigenvalue weighted by molar-refractivity contribution is 0.463. The van der Waals surface area contributed by atoms with E-state index in [9.17, 15) is 0 Å². The van der Waals surface area contributed by atoms with Gasteiger partial charge >= 0.3 is 0 Å². The zero-order chi connectivity index (χ0) is 22.2. The van der Waals surface area contributed by atoms with Crippen molar-refractivity contribution in [3.05, 3.63) is 109 Å². The molecule has 0 spiro atoms. The van der Waals surface area contributed by atoms with Crippen molar-refractivity contribution in [2.24, 2.45) is 0 Å². The Kier molecular flexibility index (Phi) is 3.48. The standard InChI is InChI=1S/C30H18BNO2/c1-2-8-19(9-3-1)33-20-14-16-24-28(18-20)34-27-17-15-22-21-10-4-6-12-25(21)32-26-13-7-5-11-23(26)31(24)29(27)30(22)32/h1-18H. The van der Waals surface area contributed by atoms with Gasteiger partial charge in [-0.2, -0.15) is 0 Å². The molecule has 4 heteroatoms. The summed E-state index contributed by atoms with van der Waals surface area (Å²) in [6.45, 7) is 0.112. The van der Waals surface area contributed by atoms with Crippen molar-refractivity contribution < 1.29 is 9.47 Å². The Bertz CT molecular complexity index is 1770. The van der Waals surface area contributed by atoms with Crippen molar-refractivity contribution in [1.29, 1.82) is 0 Å². The molecule has 8 rings (SSSR count). The van der Waals surface area contributed by atoms with Crippen LogP contribution in [0.4, 0.5) is 0 Å². The second kappa shape index (κ2) is 6.55. The first-order chi connectivity index (χ1) is 16.9. The molecule has 0 amide bonds. The monoisotopic (exact) mass is 435 g/mol. The van der Waals surface area contributed by atoms with E-state index in [1.165, 1.54) is 43.9 Å². The molecule has 0 unspecified atom stereocenters. The van der Waals surface area contributed by atoms with Crippen molar-refractivity contribution in [1.82, 2.24) is 4.57 Å². The number of fused-ring (bicyclic) bond motifs is 8. The Morgan fingerprint density at radius 3 is 2.38 bits per heavy atom. The summed E-state index contributed by atoms with van der Waals surface area (Å²) >= 11 is 0. The quantitative estimate of drug-likeness (QED) is 0.334. The van der Waals surface area contributed by atoms with Crippen LogP contribution < -0.4 is 25.9 Å². The largest absolute Gasteiger partial charge is 0.458 e. The van der Waals surface area contributed by atoms with Gasteiger partial charge in [-0.3, -0.25) is 0 Å². The lowest BCUT2D eigenvalue weighted by Crippen LogP contribution is -2.58. The lowest BCUT2D eigenvalue weighted by Gasteiger charge is -2.32. The number of aromatic nitrogens is 1. The van der Waals surface area contributed by atoms with Gasteiger partial charge in [-0.1, -0.05) is 60.7 Å². The highest BCUT2D eigenvalue weighted by molar-refractivity contribution is 6.99. The summed E-state index contributed by atoms with van der Waals surface area (Å²) in [5, 5.41) is 2.54. The van der Waals surface area contributed by atoms with Crippen LogP contribution in [0.5, 0.6) is 23.0 Å². The van der Waals surface area contributed by atoms with Crippen LogP contribution >= 0.6 is 0 Å². The Labute approximate surface area is 196 Å². The minimum absolute atomic E-state index is 0.112. The van der Waals surface area contributed by atoms with E-state index in [0.717, 1.165) is 23.0 Å². The van der Waals surface area contributed by atoms with Crippen LogP contribution in [0.15, 0.2) is 109 Å². The first-order valence-corrected chi connectivity index (χ1v) is 11.6. The second-order valence-electron chi connectivity index (χ2n) is 8.93. The normalized spacial score (nSPS) is 12.9. The van der Waals surface area contributed by atoms with Gasteiger partial charge in [-0.05, 0) is 58.9 Å². The fourth-order valence-electron chi connectivity index (χ4n) is 5.74. The predicted molar refractivity (Wildman–Crippen MR) is 138 cm³/mol. The molecule has 0 radical (unpaired) electrons. The van der Waals surface area contributed by atoms with Crippen LogP contribution in [0.1, 0.15) is 0 Å². The molecule has 34 heavy (non-hydrogen) atoms. The molecule has 0 aliphatic carbocycles. The first-order valence-electron chi connectivity index (χ1n) is 11.6. The predicted octanol–water partition coefficient (Wildman–Crippen LogP) is 5.51. The Morgan fingerprint density at radius 1 is 0.618 bits per heavy atom. The maximum absolute atomic E-state index is 6.54. The summed E-state index contributed by atoms with van der Waals surface area (Å²) in [6.07, 6.45) is 0. The van der Waals surface area contributed by atoms with E-state index < -0.39 is 0 Å². The highest BCUT2D eigenvalue weighted by Crippen LogP contribution is 2.39. The molecule has 158 valence electrons. The summed E-state index contributed by atoms with van der Waals surface area (Å²) in [5.41, 5.74) is 7.43. The third-order valence-corrected chi connectivity index (χ3v) is 7.11. The molecular formula is C30H18BNO2. The molecule has 0 N–H and O–H groups in total. The van der Waals surface area contributed by atoms with Crippen molar-refractivity contribution in [2.45, 2.75) is 0 Å². The van der Waals surface area contributed by atoms with Gasteiger partial charge in [0.1, 0.15) is 23.0 Å². The van der Waals surface area contributed by atoms with Gasteiger partial charge in [0.15, 0.2) is 0 Å². The second-order valence-corrected chi connectivity index (χ2v) is 8.93. The number of para-hydroxylation sites is 3. The highest BCUT2D eigenvalue weighted by atomic mass is 16.5. The van der Waals surface area contributed by atoms with Gasteiger partial charge in [-0.15, -0.1) is 0 Å². The van der Waals surface area contributed by atoms with Gasteiger partial charge < -0.3 is 14.0 Å². The molecule has 2 aliphatic heterocycles. The molecule has 0 saturated carbocycles. The number of hydrogen-bond donors (Lipinski definition) is 0. The van der Waals surface area contributed by atoms with Crippen LogP contribution in [0.3, 0.4) is 0 Å². The van der Waals surface area contributed by atoms with Gasteiger partial charge in [0.2, 0.25) is 0 Å². The summed E-state index contributed by atoms with van der Waals surface area (Å²) < 4.78 is 15.1. The van der Waals surface area contributed by atoms with E-state index in [-0.39, 0.29) is 6.71 Å². The minimum atomic E-state index is 0.112. The summed E-state index contributed by atoms with van der Waals surface area (Å²) in [6, 6.07) is 37.8. The number of rotatable bonds is 2. The summed E-state index contributed by atoms with van der Waals surface area (Å²) in [5.74, 6) is 3.35. The fourth-order valence-corrected chi connectivity index (χ4v) is 5.74. The van der Waals surface area contributed by atoms with Crippen LogP contribution in [0.2, 0.25) is 0 Å². The fraction of sp³-hybridized carbons (Fsp3) is 0. The van der Waals surface area contributed by atoms with E-state index in [4.69, 9.17) is 9.47 Å². The molecule has 5 aromatic carbocycles. The van der Waals surface area contributed by atoms with Gasteiger partial charge in [0.05, 0.1) is 11.0 Å². The third-order valence-electron chi connectivity index (χ3n) is 7.11. The minimum Gasteiger partial charge on any atom is -0.458 e. The first kappa shape index (κ1) is 18.0. The molecule has 1 aromatic heterocycles. The summed E-state index contributed by atoms with van der Waals surface area (Å²) in [4.78, 5) is 0. The zero-order valence-corrected chi connectivity index (χ0v) is 18.2. The van der Waals surface area contributed by atoms with Crippen molar-refractivity contribution in [3.63, 3.8) is 0 Å². The van der Waals surface area contributed by atoms with Crippen LogP contribution in [-0.4, -0.2) is 11.3 Å². The highest BCUT2D eigenvalue weighted by Gasteiger charge is 2.40. The Balaban J connectivity index is 1.40. The van der Waals surface area contributed by atoms with E-state index in [1.54, 1.807) is 0 Å². The molecule has 3 nitrogen and oxygen atoms in total. The van der Waals surface area contributed by atoms with E-state index in [2.05, 4.69) is 71.3 Å². The van der Waals surface area contributed by atoms with Crippen LogP contribution in [-0.2, 0) is 0 Å². The van der Waals surface area contributed by atoms with Crippen molar-refractivity contribution >= 4 is 44.9 Å². The van der Waals surface area contributed by atoms with E-state index in [0.29, 0.717) is 0 Å². The van der Waals surface area contributed by atoms with Gasteiger partial charge in [0.25, 0.3) is 6.71 Å². The maximum atomic E-state index is 6.54. The molecule has 0 atom stereocenters. The average Bonchev–Trinajstić information content (AvgIpc) is 3.23. The molecular weight excluding hydrogens is 417 g/mol. The molecule has 3 heterocycles. The van der Waals surface area contributed by atoms with Crippen LogP contribution in [0, 0.1) is 0 Å².